The summed E-state index contributed by atoms with van der Waals surface area (Å²) in [7, 11) is 0. The van der Waals surface area contributed by atoms with Crippen molar-refractivity contribution in [2.24, 2.45) is 4.99 Å². The molecular formula is C10H5BrF3N3O3. The van der Waals surface area contributed by atoms with Crippen LogP contribution < -0.4 is 15.4 Å². The predicted octanol–water partition coefficient (Wildman–Crippen LogP) is 0.960. The molecule has 106 valence electrons. The fraction of sp³-hybridized carbons (Fsp3) is 0.100. The molecule has 0 aliphatic rings. The lowest BCUT2D eigenvalue weighted by Gasteiger charge is -2.13. The number of alkyl halides is 3. The van der Waals surface area contributed by atoms with E-state index in [4.69, 9.17) is 0 Å². The number of nitrogens with zero attached hydrogens (tertiary/aromatic N) is 2. The van der Waals surface area contributed by atoms with E-state index in [2.05, 4.69) is 30.7 Å². The molecule has 20 heavy (non-hydrogen) atoms. The quantitative estimate of drug-likeness (QED) is 0.496. The zero-order chi connectivity index (χ0) is 14.9. The zero-order valence-electron chi connectivity index (χ0n) is 9.44. The average Bonchev–Trinajstić information content (AvgIpc) is 2.76. The highest BCUT2D eigenvalue weighted by atomic mass is 79.9. The summed E-state index contributed by atoms with van der Waals surface area (Å²) in [6, 6.07) is 3.97. The Morgan fingerprint density at radius 2 is 2.15 bits per heavy atom. The van der Waals surface area contributed by atoms with E-state index in [-0.39, 0.29) is 11.4 Å². The topological polar surface area (TPSA) is 85.3 Å². The minimum absolute atomic E-state index is 0.0443. The molecule has 0 amide bonds. The number of nitrogens with one attached hydrogen (secondary N) is 1. The third-order valence-corrected chi connectivity index (χ3v) is 2.63. The maximum atomic E-state index is 12.2. The van der Waals surface area contributed by atoms with Gasteiger partial charge in [-0.25, -0.2) is 4.79 Å². The summed E-state index contributed by atoms with van der Waals surface area (Å²) in [5.74, 6) is -2.24. The van der Waals surface area contributed by atoms with Crippen molar-refractivity contribution >= 4 is 27.5 Å². The van der Waals surface area contributed by atoms with Gasteiger partial charge >= 0.3 is 11.8 Å². The Balaban J connectivity index is 2.58. The second-order valence-electron chi connectivity index (χ2n) is 3.56. The molecule has 0 spiro atoms. The number of hydrogen-bond acceptors (Lipinski definition) is 4. The zero-order valence-corrected chi connectivity index (χ0v) is 11.0. The molecule has 0 bridgehead atoms. The maximum absolute atomic E-state index is 12.2. The Labute approximate surface area is 117 Å². The molecule has 0 unspecified atom stereocenters. The lowest BCUT2D eigenvalue weighted by Crippen LogP contribution is -2.35. The van der Waals surface area contributed by atoms with Gasteiger partial charge < -0.3 is 5.11 Å². The molecule has 0 radical (unpaired) electrons. The first-order valence-corrected chi connectivity index (χ1v) is 5.79. The van der Waals surface area contributed by atoms with Crippen LogP contribution in [0.1, 0.15) is 0 Å². The molecule has 0 saturated heterocycles. The van der Waals surface area contributed by atoms with Gasteiger partial charge in [0.15, 0.2) is 0 Å². The van der Waals surface area contributed by atoms with Crippen LogP contribution in [0.4, 0.5) is 18.9 Å². The Kier molecular flexibility index (Phi) is 3.66. The molecule has 2 aromatic rings. The van der Waals surface area contributed by atoms with Crippen LogP contribution in [0.2, 0.25) is 0 Å². The number of halogens is 4. The maximum Gasteiger partial charge on any atom is 0.427 e. The van der Waals surface area contributed by atoms with Crippen LogP contribution in [0.25, 0.3) is 5.69 Å². The third-order valence-electron chi connectivity index (χ3n) is 2.14. The van der Waals surface area contributed by atoms with Crippen molar-refractivity contribution in [2.45, 2.75) is 6.18 Å². The van der Waals surface area contributed by atoms with E-state index < -0.39 is 17.7 Å². The van der Waals surface area contributed by atoms with E-state index in [0.717, 1.165) is 10.9 Å². The summed E-state index contributed by atoms with van der Waals surface area (Å²) in [4.78, 5) is 13.9. The van der Waals surface area contributed by atoms with E-state index in [1.807, 2.05) is 0 Å². The standard InChI is InChI=1S/C10H5BrF3N3O3/c11-5-1-2-6(15-9(19)10(12,13)14)7(3-5)17-4-8(18)20-16-17/h1-4H,(H-,15,16,18,19). The lowest BCUT2D eigenvalue weighted by molar-refractivity contribution is -0.669. The first kappa shape index (κ1) is 14.3. The van der Waals surface area contributed by atoms with E-state index >= 15 is 0 Å². The molecule has 2 rings (SSSR count). The first-order chi connectivity index (χ1) is 9.27. The monoisotopic (exact) mass is 351 g/mol. The van der Waals surface area contributed by atoms with Crippen molar-refractivity contribution in [3.8, 4) is 5.69 Å². The van der Waals surface area contributed by atoms with Gasteiger partial charge in [-0.05, 0) is 22.1 Å². The lowest BCUT2D eigenvalue weighted by atomic mass is 10.2. The number of H-pyrrole nitrogens is 1. The molecule has 10 heteroatoms. The second-order valence-corrected chi connectivity index (χ2v) is 4.47. The molecule has 0 saturated carbocycles. The number of rotatable bonds is 2. The summed E-state index contributed by atoms with van der Waals surface area (Å²) in [6.07, 6.45) is -4.11. The SMILES string of the molecule is O=c1c[n+](-c2cc(Br)ccc2N=C([O-])C(F)(F)F)[nH]o1. The predicted molar refractivity (Wildman–Crippen MR) is 61.7 cm³/mol. The summed E-state index contributed by atoms with van der Waals surface area (Å²) in [5.41, 5.74) is -0.960. The summed E-state index contributed by atoms with van der Waals surface area (Å²) in [6.45, 7) is 0. The van der Waals surface area contributed by atoms with Gasteiger partial charge in [0, 0.05) is 10.5 Å². The van der Waals surface area contributed by atoms with Crippen molar-refractivity contribution in [2.75, 3.05) is 0 Å². The van der Waals surface area contributed by atoms with Gasteiger partial charge in [0.1, 0.15) is 5.69 Å². The van der Waals surface area contributed by atoms with E-state index in [9.17, 15) is 23.1 Å². The van der Waals surface area contributed by atoms with Gasteiger partial charge in [0.25, 0.3) is 11.9 Å². The second kappa shape index (κ2) is 5.12. The molecule has 0 aliphatic carbocycles. The van der Waals surface area contributed by atoms with Crippen LogP contribution in [0.5, 0.6) is 0 Å². The Morgan fingerprint density at radius 1 is 1.45 bits per heavy atom. The molecule has 1 aromatic heterocycles. The van der Waals surface area contributed by atoms with Crippen molar-refractivity contribution in [1.29, 1.82) is 0 Å². The molecule has 6 nitrogen and oxygen atoms in total. The highest BCUT2D eigenvalue weighted by molar-refractivity contribution is 9.10. The normalized spacial score (nSPS) is 12.7. The van der Waals surface area contributed by atoms with Gasteiger partial charge in [0.05, 0.1) is 5.90 Å². The third kappa shape index (κ3) is 3.07. The van der Waals surface area contributed by atoms with Crippen molar-refractivity contribution in [3.05, 3.63) is 39.3 Å². The molecule has 0 fully saturated rings. The summed E-state index contributed by atoms with van der Waals surface area (Å²) in [5, 5.41) is 13.1. The van der Waals surface area contributed by atoms with Gasteiger partial charge in [-0.15, -0.1) is 0 Å². The fourth-order valence-electron chi connectivity index (χ4n) is 1.33. The van der Waals surface area contributed by atoms with Crippen LogP contribution in [-0.2, 0) is 0 Å². The molecule has 0 atom stereocenters. The summed E-state index contributed by atoms with van der Waals surface area (Å²) >= 11 is 3.12. The van der Waals surface area contributed by atoms with E-state index in [1.54, 1.807) is 0 Å². The molecule has 1 aromatic carbocycles. The number of hydrogen-bond donors (Lipinski definition) is 1. The summed E-state index contributed by atoms with van der Waals surface area (Å²) < 4.78 is 42.6. The number of aromatic amines is 1. The van der Waals surface area contributed by atoms with Crippen LogP contribution in [0.15, 0.2) is 43.2 Å². The number of benzene rings is 1. The Morgan fingerprint density at radius 3 is 2.70 bits per heavy atom. The first-order valence-electron chi connectivity index (χ1n) is 5.00. The van der Waals surface area contributed by atoms with Gasteiger partial charge in [-0.2, -0.15) is 13.2 Å². The number of aliphatic imine (C=N–C) groups is 1. The van der Waals surface area contributed by atoms with E-state index in [1.165, 1.54) is 18.2 Å². The van der Waals surface area contributed by atoms with Crippen LogP contribution in [0.3, 0.4) is 0 Å². The van der Waals surface area contributed by atoms with Gasteiger partial charge in [-0.1, -0.05) is 15.9 Å². The molecule has 1 heterocycles. The van der Waals surface area contributed by atoms with Gasteiger partial charge in [-0.3, -0.25) is 9.52 Å². The average molecular weight is 352 g/mol. The highest BCUT2D eigenvalue weighted by Crippen LogP contribution is 2.25. The van der Waals surface area contributed by atoms with Crippen molar-refractivity contribution < 1.29 is 27.5 Å². The van der Waals surface area contributed by atoms with Crippen LogP contribution in [0, 0.1) is 0 Å². The Hall–Kier alpha value is -2.10. The minimum atomic E-state index is -5.07. The molecule has 1 N–H and O–H groups in total. The smallest absolute Gasteiger partial charge is 0.427 e. The van der Waals surface area contributed by atoms with Crippen LogP contribution in [-0.4, -0.2) is 17.3 Å². The number of aromatic nitrogens is 2. The molecular weight excluding hydrogens is 347 g/mol. The van der Waals surface area contributed by atoms with E-state index in [0.29, 0.717) is 4.47 Å². The van der Waals surface area contributed by atoms with Gasteiger partial charge in [0.2, 0.25) is 0 Å². The minimum Gasteiger partial charge on any atom is -0.855 e. The van der Waals surface area contributed by atoms with Crippen LogP contribution >= 0.6 is 15.9 Å². The largest absolute Gasteiger partial charge is 0.855 e. The highest BCUT2D eigenvalue weighted by Gasteiger charge is 2.29. The fourth-order valence-corrected chi connectivity index (χ4v) is 1.68. The Bertz CT molecular complexity index is 720. The molecule has 0 aliphatic heterocycles. The van der Waals surface area contributed by atoms with Crippen molar-refractivity contribution in [1.82, 2.24) is 5.27 Å². The van der Waals surface area contributed by atoms with Crippen molar-refractivity contribution in [3.63, 3.8) is 0 Å².